The number of nitrogens with one attached hydrogen (secondary N) is 2. The van der Waals surface area contributed by atoms with Gasteiger partial charge in [0.05, 0.1) is 17.5 Å². The van der Waals surface area contributed by atoms with E-state index in [0.29, 0.717) is 24.3 Å². The normalized spacial score (nSPS) is 16.3. The Balaban J connectivity index is 1.34. The zero-order valence-corrected chi connectivity index (χ0v) is 18.4. The summed E-state index contributed by atoms with van der Waals surface area (Å²) in [5, 5.41) is 5.77. The van der Waals surface area contributed by atoms with E-state index in [-0.39, 0.29) is 30.2 Å². The number of carbonyl (C=O) groups excluding carboxylic acids is 3. The molecule has 1 fully saturated rings. The van der Waals surface area contributed by atoms with E-state index in [1.807, 2.05) is 55.5 Å². The van der Waals surface area contributed by atoms with Crippen molar-refractivity contribution in [2.75, 3.05) is 11.9 Å². The van der Waals surface area contributed by atoms with Crippen LogP contribution in [0.4, 0.5) is 5.69 Å². The zero-order valence-electron chi connectivity index (χ0n) is 18.4. The Morgan fingerprint density at radius 1 is 1.09 bits per heavy atom. The van der Waals surface area contributed by atoms with Gasteiger partial charge in [-0.1, -0.05) is 42.5 Å². The van der Waals surface area contributed by atoms with Crippen molar-refractivity contribution in [2.45, 2.75) is 25.9 Å². The van der Waals surface area contributed by atoms with Crippen molar-refractivity contribution < 1.29 is 14.4 Å². The highest BCUT2D eigenvalue weighted by atomic mass is 16.2. The molecule has 2 N–H and O–H groups in total. The van der Waals surface area contributed by atoms with E-state index in [2.05, 4.69) is 15.6 Å². The van der Waals surface area contributed by atoms with Gasteiger partial charge in [-0.15, -0.1) is 0 Å². The van der Waals surface area contributed by atoms with Crippen LogP contribution in [-0.2, 0) is 16.1 Å². The van der Waals surface area contributed by atoms with Crippen molar-refractivity contribution in [1.29, 1.82) is 0 Å². The molecule has 2 atom stereocenters. The van der Waals surface area contributed by atoms with Crippen LogP contribution in [0, 0.1) is 5.92 Å². The lowest BCUT2D eigenvalue weighted by molar-refractivity contribution is -0.129. The van der Waals surface area contributed by atoms with Crippen LogP contribution in [0.2, 0.25) is 0 Å². The number of carbonyl (C=O) groups is 3. The Labute approximate surface area is 192 Å². The fourth-order valence-corrected chi connectivity index (χ4v) is 3.98. The SMILES string of the molecule is CC(c1ccccc1)N1CC(C(=O)Nc2cccc(CNC(=O)c3cccnc3)c2)CC1=O. The molecular weight excluding hydrogens is 416 g/mol. The van der Waals surface area contributed by atoms with Crippen molar-refractivity contribution in [3.63, 3.8) is 0 Å². The van der Waals surface area contributed by atoms with E-state index >= 15 is 0 Å². The van der Waals surface area contributed by atoms with Gasteiger partial charge in [-0.2, -0.15) is 0 Å². The lowest BCUT2D eigenvalue weighted by atomic mass is 10.1. The minimum Gasteiger partial charge on any atom is -0.348 e. The monoisotopic (exact) mass is 442 g/mol. The van der Waals surface area contributed by atoms with E-state index in [9.17, 15) is 14.4 Å². The average Bonchev–Trinajstić information content (AvgIpc) is 3.25. The summed E-state index contributed by atoms with van der Waals surface area (Å²) >= 11 is 0. The number of likely N-dealkylation sites (tertiary alicyclic amines) is 1. The summed E-state index contributed by atoms with van der Waals surface area (Å²) in [6, 6.07) is 20.5. The lowest BCUT2D eigenvalue weighted by Gasteiger charge is -2.25. The fourth-order valence-electron chi connectivity index (χ4n) is 3.98. The number of nitrogens with zero attached hydrogens (tertiary/aromatic N) is 2. The molecule has 168 valence electrons. The highest BCUT2D eigenvalue weighted by molar-refractivity contribution is 5.97. The highest BCUT2D eigenvalue weighted by Gasteiger charge is 2.37. The highest BCUT2D eigenvalue weighted by Crippen LogP contribution is 2.29. The second-order valence-corrected chi connectivity index (χ2v) is 8.15. The summed E-state index contributed by atoms with van der Waals surface area (Å²) in [6.07, 6.45) is 3.32. The maximum Gasteiger partial charge on any atom is 0.253 e. The van der Waals surface area contributed by atoms with E-state index < -0.39 is 5.92 Å². The first-order chi connectivity index (χ1) is 16.0. The third-order valence-corrected chi connectivity index (χ3v) is 5.85. The first kappa shape index (κ1) is 22.2. The quantitative estimate of drug-likeness (QED) is 0.585. The number of aromatic nitrogens is 1. The second-order valence-electron chi connectivity index (χ2n) is 8.15. The van der Waals surface area contributed by atoms with Crippen molar-refractivity contribution in [3.8, 4) is 0 Å². The van der Waals surface area contributed by atoms with Gasteiger partial charge in [0.15, 0.2) is 0 Å². The number of anilines is 1. The van der Waals surface area contributed by atoms with Gasteiger partial charge in [0.25, 0.3) is 5.91 Å². The molecule has 7 nitrogen and oxygen atoms in total. The molecule has 0 spiro atoms. The molecule has 1 aliphatic rings. The molecule has 0 radical (unpaired) electrons. The number of rotatable bonds is 7. The standard InChI is InChI=1S/C26H26N4O3/c1-18(20-8-3-2-4-9-20)30-17-22(14-24(30)31)26(33)29-23-11-5-7-19(13-23)15-28-25(32)21-10-6-12-27-16-21/h2-13,16,18,22H,14-15,17H2,1H3,(H,28,32)(H,29,33). The molecule has 0 bridgehead atoms. The molecule has 1 saturated heterocycles. The molecule has 2 unspecified atom stereocenters. The summed E-state index contributed by atoms with van der Waals surface area (Å²) in [6.45, 7) is 2.69. The Hall–Kier alpha value is -4.00. The average molecular weight is 443 g/mol. The Morgan fingerprint density at radius 2 is 1.91 bits per heavy atom. The van der Waals surface area contributed by atoms with Crippen LogP contribution < -0.4 is 10.6 Å². The number of benzene rings is 2. The van der Waals surface area contributed by atoms with Crippen LogP contribution in [0.25, 0.3) is 0 Å². The first-order valence-electron chi connectivity index (χ1n) is 10.9. The lowest BCUT2D eigenvalue weighted by Crippen LogP contribution is -2.30. The van der Waals surface area contributed by atoms with Crippen molar-refractivity contribution in [3.05, 3.63) is 95.8 Å². The predicted octanol–water partition coefficient (Wildman–Crippen LogP) is 3.56. The molecule has 1 aliphatic heterocycles. The molecule has 7 heteroatoms. The van der Waals surface area contributed by atoms with Gasteiger partial charge in [-0.25, -0.2) is 0 Å². The van der Waals surface area contributed by atoms with Gasteiger partial charge in [0.2, 0.25) is 11.8 Å². The van der Waals surface area contributed by atoms with Crippen LogP contribution >= 0.6 is 0 Å². The maximum atomic E-state index is 12.9. The molecule has 3 aromatic rings. The number of hydrogen-bond acceptors (Lipinski definition) is 4. The predicted molar refractivity (Wildman–Crippen MR) is 125 cm³/mol. The molecule has 0 aliphatic carbocycles. The molecule has 2 heterocycles. The third-order valence-electron chi connectivity index (χ3n) is 5.85. The van der Waals surface area contributed by atoms with Crippen LogP contribution in [0.3, 0.4) is 0 Å². The molecular formula is C26H26N4O3. The Kier molecular flexibility index (Phi) is 6.78. The van der Waals surface area contributed by atoms with Gasteiger partial charge in [0.1, 0.15) is 0 Å². The van der Waals surface area contributed by atoms with Gasteiger partial charge in [0, 0.05) is 37.6 Å². The van der Waals surface area contributed by atoms with Crippen molar-refractivity contribution in [2.24, 2.45) is 5.92 Å². The smallest absolute Gasteiger partial charge is 0.253 e. The van der Waals surface area contributed by atoms with E-state index in [1.54, 1.807) is 29.3 Å². The summed E-state index contributed by atoms with van der Waals surface area (Å²) in [5.74, 6) is -0.812. The molecule has 0 saturated carbocycles. The minimum absolute atomic E-state index is 0.0154. The molecule has 3 amide bonds. The Morgan fingerprint density at radius 3 is 2.67 bits per heavy atom. The maximum absolute atomic E-state index is 12.9. The van der Waals surface area contributed by atoms with Gasteiger partial charge in [-0.3, -0.25) is 19.4 Å². The summed E-state index contributed by atoms with van der Waals surface area (Å²) < 4.78 is 0. The minimum atomic E-state index is -0.405. The van der Waals surface area contributed by atoms with Crippen LogP contribution in [-0.4, -0.2) is 34.2 Å². The largest absolute Gasteiger partial charge is 0.348 e. The van der Waals surface area contributed by atoms with Crippen LogP contribution in [0.15, 0.2) is 79.1 Å². The van der Waals surface area contributed by atoms with Crippen molar-refractivity contribution in [1.82, 2.24) is 15.2 Å². The summed E-state index contributed by atoms with van der Waals surface area (Å²) in [5.41, 5.74) is 3.03. The van der Waals surface area contributed by atoms with Crippen LogP contribution in [0.1, 0.15) is 40.9 Å². The van der Waals surface area contributed by atoms with E-state index in [0.717, 1.165) is 11.1 Å². The number of amides is 3. The summed E-state index contributed by atoms with van der Waals surface area (Å²) in [7, 11) is 0. The van der Waals surface area contributed by atoms with Crippen molar-refractivity contribution >= 4 is 23.4 Å². The Bertz CT molecular complexity index is 1130. The number of hydrogen-bond donors (Lipinski definition) is 2. The number of pyridine rings is 1. The molecule has 33 heavy (non-hydrogen) atoms. The second kappa shape index (κ2) is 10.1. The van der Waals surface area contributed by atoms with Crippen LogP contribution in [0.5, 0.6) is 0 Å². The van der Waals surface area contributed by atoms with Gasteiger partial charge >= 0.3 is 0 Å². The van der Waals surface area contributed by atoms with Gasteiger partial charge < -0.3 is 15.5 Å². The van der Waals surface area contributed by atoms with E-state index in [4.69, 9.17) is 0 Å². The van der Waals surface area contributed by atoms with E-state index in [1.165, 1.54) is 6.20 Å². The van der Waals surface area contributed by atoms with Gasteiger partial charge in [-0.05, 0) is 42.3 Å². The molecule has 4 rings (SSSR count). The fraction of sp³-hybridized carbons (Fsp3) is 0.231. The third kappa shape index (κ3) is 5.44. The summed E-state index contributed by atoms with van der Waals surface area (Å²) in [4.78, 5) is 43.4. The molecule has 1 aromatic heterocycles. The molecule has 2 aromatic carbocycles. The zero-order chi connectivity index (χ0) is 23.2. The topological polar surface area (TPSA) is 91.4 Å². The first-order valence-corrected chi connectivity index (χ1v) is 10.9.